The summed E-state index contributed by atoms with van der Waals surface area (Å²) in [6.07, 6.45) is 42.5. The lowest BCUT2D eigenvalue weighted by molar-refractivity contribution is -0.167. The van der Waals surface area contributed by atoms with E-state index in [1.165, 1.54) is 64.2 Å². The summed E-state index contributed by atoms with van der Waals surface area (Å²) in [5.41, 5.74) is 0. The van der Waals surface area contributed by atoms with Crippen molar-refractivity contribution in [3.05, 3.63) is 48.6 Å². The van der Waals surface area contributed by atoms with Crippen molar-refractivity contribution in [2.45, 2.75) is 194 Å². The van der Waals surface area contributed by atoms with Gasteiger partial charge in [0.15, 0.2) is 6.10 Å². The Balaban J connectivity index is 4.39. The second kappa shape index (κ2) is 38.2. The number of carbonyl (C=O) groups is 3. The average molecular weight is 687 g/mol. The van der Waals surface area contributed by atoms with E-state index in [9.17, 15) is 14.4 Å². The summed E-state index contributed by atoms with van der Waals surface area (Å²) in [6.45, 7) is 6.39. The third-order valence-electron chi connectivity index (χ3n) is 8.35. The van der Waals surface area contributed by atoms with Crippen molar-refractivity contribution >= 4 is 17.9 Å². The van der Waals surface area contributed by atoms with Crippen LogP contribution in [0.4, 0.5) is 0 Å². The van der Waals surface area contributed by atoms with Crippen LogP contribution in [0.2, 0.25) is 0 Å². The van der Waals surface area contributed by atoms with Gasteiger partial charge in [-0.25, -0.2) is 0 Å². The van der Waals surface area contributed by atoms with Gasteiger partial charge in [-0.1, -0.05) is 159 Å². The number of carbonyl (C=O) groups excluding carboxylic acids is 3. The topological polar surface area (TPSA) is 78.9 Å². The molecule has 0 aromatic rings. The molecule has 0 aromatic carbocycles. The molecule has 1 unspecified atom stereocenters. The van der Waals surface area contributed by atoms with Gasteiger partial charge in [0.1, 0.15) is 13.2 Å². The molecule has 0 heterocycles. The Morgan fingerprint density at radius 2 is 0.796 bits per heavy atom. The van der Waals surface area contributed by atoms with E-state index in [2.05, 4.69) is 69.4 Å². The third kappa shape index (κ3) is 36.5. The van der Waals surface area contributed by atoms with Crippen LogP contribution in [0.3, 0.4) is 0 Å². The fourth-order valence-electron chi connectivity index (χ4n) is 5.31. The van der Waals surface area contributed by atoms with Gasteiger partial charge in [-0.05, 0) is 57.8 Å². The number of rotatable bonds is 35. The van der Waals surface area contributed by atoms with E-state index in [0.717, 1.165) is 83.5 Å². The van der Waals surface area contributed by atoms with Crippen LogP contribution in [-0.4, -0.2) is 37.2 Å². The maximum absolute atomic E-state index is 12.6. The molecule has 0 N–H and O–H groups in total. The van der Waals surface area contributed by atoms with E-state index in [0.29, 0.717) is 19.3 Å². The Hall–Kier alpha value is -2.63. The van der Waals surface area contributed by atoms with Gasteiger partial charge in [0.05, 0.1) is 0 Å². The lowest BCUT2D eigenvalue weighted by Crippen LogP contribution is -2.30. The average Bonchev–Trinajstić information content (AvgIpc) is 3.10. The molecule has 49 heavy (non-hydrogen) atoms. The molecule has 0 aromatic heterocycles. The van der Waals surface area contributed by atoms with Gasteiger partial charge in [-0.15, -0.1) is 0 Å². The molecular weight excluding hydrogens is 612 g/mol. The largest absolute Gasteiger partial charge is 0.462 e. The van der Waals surface area contributed by atoms with Crippen molar-refractivity contribution in [2.24, 2.45) is 0 Å². The fourth-order valence-corrected chi connectivity index (χ4v) is 5.31. The molecule has 0 spiro atoms. The van der Waals surface area contributed by atoms with Crippen molar-refractivity contribution < 1.29 is 28.6 Å². The van der Waals surface area contributed by atoms with Crippen molar-refractivity contribution in [1.82, 2.24) is 0 Å². The summed E-state index contributed by atoms with van der Waals surface area (Å²) in [7, 11) is 0. The van der Waals surface area contributed by atoms with Gasteiger partial charge in [0.2, 0.25) is 0 Å². The van der Waals surface area contributed by atoms with Crippen molar-refractivity contribution in [2.75, 3.05) is 13.2 Å². The molecule has 0 saturated heterocycles. The van der Waals surface area contributed by atoms with E-state index in [1.54, 1.807) is 0 Å². The minimum atomic E-state index is -0.780. The molecule has 282 valence electrons. The lowest BCUT2D eigenvalue weighted by atomic mass is 10.1. The summed E-state index contributed by atoms with van der Waals surface area (Å²) in [4.78, 5) is 37.3. The molecule has 0 aliphatic rings. The summed E-state index contributed by atoms with van der Waals surface area (Å²) < 4.78 is 16.5. The zero-order valence-corrected chi connectivity index (χ0v) is 31.9. The molecule has 6 nitrogen and oxygen atoms in total. The first-order chi connectivity index (χ1) is 24.0. The van der Waals surface area contributed by atoms with Crippen LogP contribution in [0.1, 0.15) is 188 Å². The van der Waals surface area contributed by atoms with Crippen molar-refractivity contribution in [1.29, 1.82) is 0 Å². The first kappa shape index (κ1) is 46.4. The Bertz CT molecular complexity index is 887. The van der Waals surface area contributed by atoms with E-state index in [-0.39, 0.29) is 31.1 Å². The number of ether oxygens (including phenoxy) is 3. The maximum Gasteiger partial charge on any atom is 0.306 e. The fraction of sp³-hybridized carbons (Fsp3) is 0.744. The number of hydrogen-bond acceptors (Lipinski definition) is 6. The highest BCUT2D eigenvalue weighted by Gasteiger charge is 2.19. The molecule has 6 heteroatoms. The minimum absolute atomic E-state index is 0.0854. The Morgan fingerprint density at radius 1 is 0.429 bits per heavy atom. The van der Waals surface area contributed by atoms with E-state index in [4.69, 9.17) is 14.2 Å². The van der Waals surface area contributed by atoms with Crippen LogP contribution in [0, 0.1) is 0 Å². The van der Waals surface area contributed by atoms with Crippen molar-refractivity contribution in [3.8, 4) is 0 Å². The van der Waals surface area contributed by atoms with Crippen LogP contribution >= 0.6 is 0 Å². The molecule has 0 amide bonds. The highest BCUT2D eigenvalue weighted by molar-refractivity contribution is 5.71. The molecular formula is C43H74O6. The molecule has 0 saturated carbocycles. The van der Waals surface area contributed by atoms with Gasteiger partial charge in [-0.3, -0.25) is 14.4 Å². The molecule has 0 aliphatic carbocycles. The molecule has 0 fully saturated rings. The van der Waals surface area contributed by atoms with Crippen LogP contribution in [0.25, 0.3) is 0 Å². The standard InChI is InChI=1S/C43H74O6/c1-4-7-10-13-16-18-19-20-21-22-23-25-27-30-33-36-42(45)48-39-40(38-47-41(44)35-32-29-26-15-12-9-6-3)49-43(46)37-34-31-28-24-17-14-11-8-5-2/h7,10,16,18,20-21,23,25,40H,4-6,8-9,11-15,17,19,22,24,26-39H2,1-3H3/b10-7-,18-16-,21-20-,25-23-. The van der Waals surface area contributed by atoms with E-state index < -0.39 is 6.10 Å². The zero-order valence-electron chi connectivity index (χ0n) is 31.9. The second-order valence-corrected chi connectivity index (χ2v) is 13.2. The van der Waals surface area contributed by atoms with Crippen LogP contribution in [0.15, 0.2) is 48.6 Å². The predicted molar refractivity (Wildman–Crippen MR) is 205 cm³/mol. The molecule has 0 bridgehead atoms. The van der Waals surface area contributed by atoms with Crippen LogP contribution in [-0.2, 0) is 28.6 Å². The summed E-state index contributed by atoms with van der Waals surface area (Å²) >= 11 is 0. The van der Waals surface area contributed by atoms with Crippen LogP contribution < -0.4 is 0 Å². The Kier molecular flexibility index (Phi) is 36.1. The quantitative estimate of drug-likeness (QED) is 0.0286. The smallest absolute Gasteiger partial charge is 0.306 e. The normalized spacial score (nSPS) is 12.5. The summed E-state index contributed by atoms with van der Waals surface area (Å²) in [5.74, 6) is -0.944. The Morgan fingerprint density at radius 3 is 1.24 bits per heavy atom. The van der Waals surface area contributed by atoms with Gasteiger partial charge >= 0.3 is 17.9 Å². The maximum atomic E-state index is 12.6. The Labute approximate surface area is 301 Å². The zero-order chi connectivity index (χ0) is 35.9. The van der Waals surface area contributed by atoms with Gasteiger partial charge in [-0.2, -0.15) is 0 Å². The second-order valence-electron chi connectivity index (χ2n) is 13.2. The highest BCUT2D eigenvalue weighted by atomic mass is 16.6. The van der Waals surface area contributed by atoms with Gasteiger partial charge in [0, 0.05) is 19.3 Å². The predicted octanol–water partition coefficient (Wildman–Crippen LogP) is 12.4. The van der Waals surface area contributed by atoms with Gasteiger partial charge in [0.25, 0.3) is 0 Å². The highest BCUT2D eigenvalue weighted by Crippen LogP contribution is 2.13. The first-order valence-electron chi connectivity index (χ1n) is 20.1. The SMILES string of the molecule is CC/C=C\C/C=C\C/C=C\C/C=C\CCCCC(=O)OCC(COC(=O)CCCCCCCCC)OC(=O)CCCCCCCCCCC. The van der Waals surface area contributed by atoms with Crippen LogP contribution in [0.5, 0.6) is 0 Å². The monoisotopic (exact) mass is 687 g/mol. The summed E-state index contributed by atoms with van der Waals surface area (Å²) in [6, 6.07) is 0. The number of esters is 3. The number of hydrogen-bond donors (Lipinski definition) is 0. The van der Waals surface area contributed by atoms with E-state index in [1.807, 2.05) is 0 Å². The van der Waals surface area contributed by atoms with Crippen molar-refractivity contribution in [3.63, 3.8) is 0 Å². The summed E-state index contributed by atoms with van der Waals surface area (Å²) in [5, 5.41) is 0. The minimum Gasteiger partial charge on any atom is -0.462 e. The van der Waals surface area contributed by atoms with E-state index >= 15 is 0 Å². The number of allylic oxidation sites excluding steroid dienone is 8. The third-order valence-corrected chi connectivity index (χ3v) is 8.35. The molecule has 0 aliphatic heterocycles. The number of unbranched alkanes of at least 4 members (excludes halogenated alkanes) is 16. The lowest BCUT2D eigenvalue weighted by Gasteiger charge is -2.18. The molecule has 0 rings (SSSR count). The first-order valence-corrected chi connectivity index (χ1v) is 20.1. The molecule has 0 radical (unpaired) electrons. The van der Waals surface area contributed by atoms with Gasteiger partial charge < -0.3 is 14.2 Å². The molecule has 1 atom stereocenters.